The molecule has 12 heteroatoms. The van der Waals surface area contributed by atoms with Crippen molar-refractivity contribution >= 4 is 23.4 Å². The highest BCUT2D eigenvalue weighted by atomic mass is 16.8. The second kappa shape index (κ2) is 16.2. The van der Waals surface area contributed by atoms with Crippen molar-refractivity contribution in [1.29, 1.82) is 0 Å². The smallest absolute Gasteiger partial charge is 0.411 e. The summed E-state index contributed by atoms with van der Waals surface area (Å²) < 4.78 is 28.5. The Morgan fingerprint density at radius 1 is 1.10 bits per heavy atom. The summed E-state index contributed by atoms with van der Waals surface area (Å²) in [6.45, 7) is 9.16. The first-order chi connectivity index (χ1) is 23.1. The summed E-state index contributed by atoms with van der Waals surface area (Å²) in [7, 11) is 1.58. The predicted octanol–water partition coefficient (Wildman–Crippen LogP) is 5.87. The molecule has 260 valence electrons. The van der Waals surface area contributed by atoms with Crippen LogP contribution in [0.15, 0.2) is 66.1 Å². The Kier molecular flexibility index (Phi) is 11.9. The number of benzene rings is 2. The monoisotopic (exact) mass is 664 g/mol. The lowest BCUT2D eigenvalue weighted by molar-refractivity contribution is -0.210. The predicted molar refractivity (Wildman–Crippen MR) is 180 cm³/mol. The molecule has 0 spiro atoms. The van der Waals surface area contributed by atoms with Crippen LogP contribution >= 0.6 is 0 Å². The van der Waals surface area contributed by atoms with Gasteiger partial charge in [0.05, 0.1) is 18.9 Å². The maximum atomic E-state index is 13.2. The molecule has 3 aliphatic rings. The van der Waals surface area contributed by atoms with Gasteiger partial charge in [-0.1, -0.05) is 36.4 Å². The lowest BCUT2D eigenvalue weighted by Crippen LogP contribution is -2.55. The number of likely N-dealkylation sites (tertiary alicyclic amines) is 1. The van der Waals surface area contributed by atoms with Crippen molar-refractivity contribution in [3.8, 4) is 0 Å². The molecule has 0 bridgehead atoms. The molecular weight excluding hydrogens is 616 g/mol. The fourth-order valence-corrected chi connectivity index (χ4v) is 5.94. The number of anilines is 1. The Labute approximate surface area is 282 Å². The molecule has 48 heavy (non-hydrogen) atoms. The average molecular weight is 665 g/mol. The molecule has 0 unspecified atom stereocenters. The molecule has 12 nitrogen and oxygen atoms in total. The van der Waals surface area contributed by atoms with Gasteiger partial charge in [0.15, 0.2) is 6.79 Å². The highest BCUT2D eigenvalue weighted by Crippen LogP contribution is 2.35. The highest BCUT2D eigenvalue weighted by Gasteiger charge is 2.39. The van der Waals surface area contributed by atoms with Gasteiger partial charge in [0.2, 0.25) is 5.88 Å². The van der Waals surface area contributed by atoms with Gasteiger partial charge in [-0.05, 0) is 82.2 Å². The van der Waals surface area contributed by atoms with E-state index in [0.717, 1.165) is 46.5 Å². The average Bonchev–Trinajstić information content (AvgIpc) is 3.14. The van der Waals surface area contributed by atoms with Crippen molar-refractivity contribution in [2.75, 3.05) is 39.0 Å². The number of nitrogens with one attached hydrogen (secondary N) is 2. The Balaban J connectivity index is 1.39. The fraction of sp³-hybridized carbons (Fsp3) is 0.500. The SMILES string of the molecule is CCOC(=O)[C@@H]1CC[C@@H](Nc2ccc3c(c2)COCCCC2=C3N(OCOC)NC(OCc3ccccc3)=C2)CN1C(=O)OC(C)(C)C. The van der Waals surface area contributed by atoms with E-state index < -0.39 is 23.7 Å². The van der Waals surface area contributed by atoms with E-state index in [1.165, 1.54) is 4.90 Å². The van der Waals surface area contributed by atoms with Crippen LogP contribution < -0.4 is 10.7 Å². The number of hydrazine groups is 1. The molecule has 5 rings (SSSR count). The fourth-order valence-electron chi connectivity index (χ4n) is 5.94. The lowest BCUT2D eigenvalue weighted by atomic mass is 9.96. The first-order valence-electron chi connectivity index (χ1n) is 16.6. The van der Waals surface area contributed by atoms with Crippen LogP contribution in [-0.2, 0) is 46.5 Å². The third-order valence-electron chi connectivity index (χ3n) is 8.05. The van der Waals surface area contributed by atoms with E-state index in [-0.39, 0.29) is 19.4 Å². The van der Waals surface area contributed by atoms with Crippen LogP contribution in [0.2, 0.25) is 0 Å². The van der Waals surface area contributed by atoms with Gasteiger partial charge in [-0.2, -0.15) is 5.17 Å². The minimum Gasteiger partial charge on any atom is -0.473 e. The molecule has 2 N–H and O–H groups in total. The van der Waals surface area contributed by atoms with Gasteiger partial charge in [0.25, 0.3) is 0 Å². The van der Waals surface area contributed by atoms with Crippen LogP contribution in [0.4, 0.5) is 10.5 Å². The van der Waals surface area contributed by atoms with Crippen LogP contribution in [0.25, 0.3) is 5.70 Å². The molecule has 1 saturated heterocycles. The molecule has 2 aromatic rings. The van der Waals surface area contributed by atoms with Crippen molar-refractivity contribution < 1.29 is 38.1 Å². The molecule has 3 aliphatic heterocycles. The summed E-state index contributed by atoms with van der Waals surface area (Å²) in [5.41, 5.74) is 8.32. The van der Waals surface area contributed by atoms with E-state index in [1.54, 1.807) is 19.2 Å². The molecule has 0 radical (unpaired) electrons. The number of ether oxygens (including phenoxy) is 5. The number of carbonyl (C=O) groups excluding carboxylic acids is 2. The number of rotatable bonds is 10. The summed E-state index contributed by atoms with van der Waals surface area (Å²) in [6, 6.07) is 15.3. The molecule has 1 fully saturated rings. The molecule has 0 saturated carbocycles. The zero-order chi connectivity index (χ0) is 34.1. The number of piperidine rings is 1. The van der Waals surface area contributed by atoms with Crippen LogP contribution in [0.1, 0.15) is 70.1 Å². The third-order valence-corrected chi connectivity index (χ3v) is 8.05. The molecule has 0 aliphatic carbocycles. The minimum atomic E-state index is -0.697. The topological polar surface area (TPSA) is 120 Å². The first kappa shape index (κ1) is 35.1. The van der Waals surface area contributed by atoms with Crippen molar-refractivity contribution in [1.82, 2.24) is 15.5 Å². The first-order valence-corrected chi connectivity index (χ1v) is 16.6. The molecule has 2 atom stereocenters. The van der Waals surface area contributed by atoms with E-state index in [9.17, 15) is 9.59 Å². The zero-order valence-electron chi connectivity index (χ0n) is 28.6. The minimum absolute atomic E-state index is 0.0316. The molecule has 3 heterocycles. The number of methoxy groups -OCH3 is 1. The largest absolute Gasteiger partial charge is 0.473 e. The number of esters is 1. The van der Waals surface area contributed by atoms with Gasteiger partial charge < -0.3 is 29.0 Å². The van der Waals surface area contributed by atoms with Gasteiger partial charge in [0.1, 0.15) is 18.2 Å². The number of allylic oxidation sites excluding steroid dienone is 2. The molecule has 1 amide bonds. The lowest BCUT2D eigenvalue weighted by Gasteiger charge is -2.39. The quantitative estimate of drug-likeness (QED) is 0.235. The number of hydroxylamine groups is 1. The van der Waals surface area contributed by atoms with Gasteiger partial charge >= 0.3 is 12.1 Å². The number of carbonyl (C=O) groups is 2. The zero-order valence-corrected chi connectivity index (χ0v) is 28.6. The second-order valence-electron chi connectivity index (χ2n) is 12.9. The van der Waals surface area contributed by atoms with E-state index in [4.69, 9.17) is 28.5 Å². The summed E-state index contributed by atoms with van der Waals surface area (Å²) in [4.78, 5) is 33.5. The Hall–Kier alpha value is -4.26. The summed E-state index contributed by atoms with van der Waals surface area (Å²) in [6.07, 6.45) is 4.20. The van der Waals surface area contributed by atoms with Gasteiger partial charge in [-0.3, -0.25) is 4.90 Å². The molecule has 2 aromatic carbocycles. The summed E-state index contributed by atoms with van der Waals surface area (Å²) in [5.74, 6) is 0.158. The highest BCUT2D eigenvalue weighted by molar-refractivity contribution is 5.82. The summed E-state index contributed by atoms with van der Waals surface area (Å²) in [5, 5.41) is 5.21. The van der Waals surface area contributed by atoms with E-state index in [2.05, 4.69) is 16.8 Å². The van der Waals surface area contributed by atoms with Crippen molar-refractivity contribution in [3.63, 3.8) is 0 Å². The van der Waals surface area contributed by atoms with E-state index in [0.29, 0.717) is 45.1 Å². The number of amides is 1. The summed E-state index contributed by atoms with van der Waals surface area (Å²) >= 11 is 0. The van der Waals surface area contributed by atoms with Crippen LogP contribution in [-0.4, -0.2) is 73.5 Å². The van der Waals surface area contributed by atoms with Crippen molar-refractivity contribution in [2.24, 2.45) is 0 Å². The second-order valence-corrected chi connectivity index (χ2v) is 12.9. The maximum absolute atomic E-state index is 13.2. The van der Waals surface area contributed by atoms with Gasteiger partial charge in [0, 0.05) is 43.6 Å². The number of fused-ring (bicyclic) bond motifs is 2. The standard InChI is InChI=1S/C36H48N4O8/c1-6-45-34(41)31-17-15-29(21-39(31)35(42)48-36(2,3)4)37-28-14-16-30-27(19-28)23-44-18-10-13-26-20-32(38-40(33(26)30)47-24-43-5)46-22-25-11-8-7-9-12-25/h7-9,11-12,14,16,19-20,29,31,37-38H,6,10,13,15,17-18,21-24H2,1-5H3/t29-,31+/m1/s1. The van der Waals surface area contributed by atoms with Crippen LogP contribution in [0, 0.1) is 0 Å². The number of hydrogen-bond donors (Lipinski definition) is 2. The van der Waals surface area contributed by atoms with E-state index >= 15 is 0 Å². The van der Waals surface area contributed by atoms with Crippen molar-refractivity contribution in [2.45, 2.75) is 84.3 Å². The Morgan fingerprint density at radius 3 is 2.67 bits per heavy atom. The Bertz CT molecular complexity index is 1470. The van der Waals surface area contributed by atoms with Crippen LogP contribution in [0.5, 0.6) is 0 Å². The normalized spacial score (nSPS) is 19.8. The molecular formula is C36H48N4O8. The van der Waals surface area contributed by atoms with Crippen molar-refractivity contribution in [3.05, 3.63) is 82.8 Å². The number of nitrogens with zero attached hydrogens (tertiary/aromatic N) is 2. The van der Waals surface area contributed by atoms with E-state index in [1.807, 2.05) is 69.3 Å². The molecule has 0 aromatic heterocycles. The number of hydrogen-bond acceptors (Lipinski definition) is 11. The third kappa shape index (κ3) is 9.21. The van der Waals surface area contributed by atoms with Crippen LogP contribution in [0.3, 0.4) is 0 Å². The Morgan fingerprint density at radius 2 is 1.92 bits per heavy atom. The van der Waals surface area contributed by atoms with Gasteiger partial charge in [-0.15, -0.1) is 0 Å². The van der Waals surface area contributed by atoms with Gasteiger partial charge in [-0.25, -0.2) is 19.9 Å². The maximum Gasteiger partial charge on any atom is 0.411 e.